The van der Waals surface area contributed by atoms with Gasteiger partial charge in [-0.05, 0) is 62.7 Å². The molecule has 0 radical (unpaired) electrons. The van der Waals surface area contributed by atoms with Crippen molar-refractivity contribution in [1.29, 1.82) is 0 Å². The maximum Gasteiger partial charge on any atom is 0.321 e. The maximum atomic E-state index is 12.4. The highest BCUT2D eigenvalue weighted by molar-refractivity contribution is 7.15. The van der Waals surface area contributed by atoms with E-state index < -0.39 is 0 Å². The SMILES string of the molecule is CCCc1nnc(NC(=O)NC23CC4CC(CC(C4)C2)C3)s1. The van der Waals surface area contributed by atoms with E-state index in [0.717, 1.165) is 35.6 Å². The Morgan fingerprint density at radius 2 is 1.82 bits per heavy atom. The molecule has 4 fully saturated rings. The van der Waals surface area contributed by atoms with E-state index in [9.17, 15) is 4.79 Å². The molecule has 4 saturated carbocycles. The fourth-order valence-corrected chi connectivity index (χ4v) is 6.09. The molecule has 2 N–H and O–H groups in total. The number of carbonyl (C=O) groups excluding carboxylic acids is 1. The summed E-state index contributed by atoms with van der Waals surface area (Å²) in [7, 11) is 0. The van der Waals surface area contributed by atoms with Gasteiger partial charge in [0, 0.05) is 12.0 Å². The average molecular weight is 320 g/mol. The normalized spacial score (nSPS) is 35.6. The van der Waals surface area contributed by atoms with Crippen LogP contribution in [-0.4, -0.2) is 21.8 Å². The molecule has 4 aliphatic rings. The van der Waals surface area contributed by atoms with Crippen LogP contribution in [0, 0.1) is 17.8 Å². The first kappa shape index (κ1) is 14.4. The number of anilines is 1. The minimum absolute atomic E-state index is 0.0514. The van der Waals surface area contributed by atoms with Gasteiger partial charge < -0.3 is 5.32 Å². The molecule has 5 rings (SSSR count). The van der Waals surface area contributed by atoms with E-state index in [2.05, 4.69) is 27.8 Å². The summed E-state index contributed by atoms with van der Waals surface area (Å²) < 4.78 is 0. The number of nitrogens with one attached hydrogen (secondary N) is 2. The number of aryl methyl sites for hydroxylation is 1. The number of urea groups is 1. The van der Waals surface area contributed by atoms with Crippen LogP contribution in [0.5, 0.6) is 0 Å². The summed E-state index contributed by atoms with van der Waals surface area (Å²) in [4.78, 5) is 12.4. The Bertz CT molecular complexity index is 535. The quantitative estimate of drug-likeness (QED) is 0.891. The van der Waals surface area contributed by atoms with Crippen LogP contribution in [0.4, 0.5) is 9.93 Å². The Labute approximate surface area is 135 Å². The summed E-state index contributed by atoms with van der Waals surface area (Å²) >= 11 is 1.48. The smallest absolute Gasteiger partial charge is 0.321 e. The van der Waals surface area contributed by atoms with Crippen LogP contribution >= 0.6 is 11.3 Å². The van der Waals surface area contributed by atoms with Crippen molar-refractivity contribution in [2.24, 2.45) is 17.8 Å². The number of hydrogen-bond donors (Lipinski definition) is 2. The third kappa shape index (κ3) is 2.73. The number of rotatable bonds is 4. The molecule has 1 aromatic heterocycles. The summed E-state index contributed by atoms with van der Waals surface area (Å²) in [6.45, 7) is 2.12. The molecule has 1 aromatic rings. The largest absolute Gasteiger partial charge is 0.332 e. The molecule has 6 heteroatoms. The van der Waals surface area contributed by atoms with E-state index in [-0.39, 0.29) is 11.6 Å². The Hall–Kier alpha value is -1.17. The lowest BCUT2D eigenvalue weighted by atomic mass is 9.53. The molecule has 0 aromatic carbocycles. The van der Waals surface area contributed by atoms with Gasteiger partial charge in [0.15, 0.2) is 0 Å². The summed E-state index contributed by atoms with van der Waals surface area (Å²) in [5.41, 5.74) is 0.0514. The lowest BCUT2D eigenvalue weighted by Crippen LogP contribution is -2.60. The number of carbonyl (C=O) groups is 1. The topological polar surface area (TPSA) is 66.9 Å². The first-order chi connectivity index (χ1) is 10.6. The van der Waals surface area contributed by atoms with Crippen molar-refractivity contribution in [3.8, 4) is 0 Å². The van der Waals surface area contributed by atoms with Gasteiger partial charge in [-0.15, -0.1) is 10.2 Å². The van der Waals surface area contributed by atoms with Crippen molar-refractivity contribution in [3.05, 3.63) is 5.01 Å². The van der Waals surface area contributed by atoms with Gasteiger partial charge in [-0.2, -0.15) is 0 Å². The fraction of sp³-hybridized carbons (Fsp3) is 0.812. The molecule has 0 aliphatic heterocycles. The van der Waals surface area contributed by atoms with E-state index in [1.165, 1.54) is 49.9 Å². The van der Waals surface area contributed by atoms with Gasteiger partial charge in [-0.1, -0.05) is 18.3 Å². The van der Waals surface area contributed by atoms with E-state index in [0.29, 0.717) is 5.13 Å². The minimum atomic E-state index is -0.0962. The van der Waals surface area contributed by atoms with Crippen molar-refractivity contribution in [2.75, 3.05) is 5.32 Å². The molecule has 0 atom stereocenters. The third-order valence-corrected chi connectivity index (χ3v) is 6.47. The van der Waals surface area contributed by atoms with Gasteiger partial charge in [0.2, 0.25) is 5.13 Å². The minimum Gasteiger partial charge on any atom is -0.332 e. The predicted molar refractivity (Wildman–Crippen MR) is 87.0 cm³/mol. The second-order valence-corrected chi connectivity index (χ2v) is 8.59. The molecule has 4 bridgehead atoms. The molecular weight excluding hydrogens is 296 g/mol. The van der Waals surface area contributed by atoms with Crippen LogP contribution in [0.3, 0.4) is 0 Å². The van der Waals surface area contributed by atoms with Gasteiger partial charge in [0.25, 0.3) is 0 Å². The molecule has 5 nitrogen and oxygen atoms in total. The van der Waals surface area contributed by atoms with E-state index in [1.54, 1.807) is 0 Å². The molecule has 22 heavy (non-hydrogen) atoms. The van der Waals surface area contributed by atoms with Gasteiger partial charge in [0.1, 0.15) is 5.01 Å². The molecule has 2 amide bonds. The fourth-order valence-electron chi connectivity index (χ4n) is 5.25. The summed E-state index contributed by atoms with van der Waals surface area (Å²) in [6, 6.07) is -0.0962. The Morgan fingerprint density at radius 3 is 2.41 bits per heavy atom. The second kappa shape index (κ2) is 5.48. The van der Waals surface area contributed by atoms with Crippen molar-refractivity contribution >= 4 is 22.5 Å². The first-order valence-electron chi connectivity index (χ1n) is 8.56. The molecule has 0 saturated heterocycles. The number of aromatic nitrogens is 2. The molecule has 1 heterocycles. The second-order valence-electron chi connectivity index (χ2n) is 7.53. The highest BCUT2D eigenvalue weighted by Gasteiger charge is 2.51. The molecule has 4 aliphatic carbocycles. The first-order valence-corrected chi connectivity index (χ1v) is 9.37. The lowest BCUT2D eigenvalue weighted by Gasteiger charge is -2.56. The summed E-state index contributed by atoms with van der Waals surface area (Å²) in [5, 5.41) is 16.0. The zero-order chi connectivity index (χ0) is 15.2. The van der Waals surface area contributed by atoms with Gasteiger partial charge in [-0.25, -0.2) is 4.79 Å². The monoisotopic (exact) mass is 320 g/mol. The van der Waals surface area contributed by atoms with E-state index in [1.807, 2.05) is 0 Å². The number of amides is 2. The van der Waals surface area contributed by atoms with Crippen molar-refractivity contribution in [3.63, 3.8) is 0 Å². The van der Waals surface area contributed by atoms with Crippen molar-refractivity contribution in [1.82, 2.24) is 15.5 Å². The highest BCUT2D eigenvalue weighted by Crippen LogP contribution is 2.55. The summed E-state index contributed by atoms with van der Waals surface area (Å²) in [6.07, 6.45) is 9.65. The van der Waals surface area contributed by atoms with Crippen LogP contribution in [0.2, 0.25) is 0 Å². The Balaban J connectivity index is 1.39. The van der Waals surface area contributed by atoms with Gasteiger partial charge in [0.05, 0.1) is 0 Å². The zero-order valence-electron chi connectivity index (χ0n) is 13.1. The molecule has 0 spiro atoms. The standard InChI is InChI=1S/C16H24N4OS/c1-2-3-13-19-20-15(22-13)17-14(21)18-16-7-10-4-11(8-16)6-12(5-10)9-16/h10-12H,2-9H2,1H3,(H2,17,18,20,21). The number of hydrogen-bond acceptors (Lipinski definition) is 4. The maximum absolute atomic E-state index is 12.4. The zero-order valence-corrected chi connectivity index (χ0v) is 13.9. The summed E-state index contributed by atoms with van der Waals surface area (Å²) in [5.74, 6) is 2.51. The van der Waals surface area contributed by atoms with Crippen LogP contribution in [0.15, 0.2) is 0 Å². The Kier molecular flexibility index (Phi) is 3.59. The van der Waals surface area contributed by atoms with E-state index in [4.69, 9.17) is 0 Å². The third-order valence-electron chi connectivity index (χ3n) is 5.57. The lowest BCUT2D eigenvalue weighted by molar-refractivity contribution is -0.0127. The molecular formula is C16H24N4OS. The Morgan fingerprint density at radius 1 is 1.18 bits per heavy atom. The van der Waals surface area contributed by atoms with E-state index >= 15 is 0 Å². The average Bonchev–Trinajstić information content (AvgIpc) is 2.83. The van der Waals surface area contributed by atoms with Crippen LogP contribution < -0.4 is 10.6 Å². The van der Waals surface area contributed by atoms with Crippen molar-refractivity contribution in [2.45, 2.75) is 63.8 Å². The van der Waals surface area contributed by atoms with Crippen LogP contribution in [0.1, 0.15) is 56.9 Å². The van der Waals surface area contributed by atoms with Gasteiger partial charge >= 0.3 is 6.03 Å². The van der Waals surface area contributed by atoms with Crippen molar-refractivity contribution < 1.29 is 4.79 Å². The molecule has 120 valence electrons. The molecule has 0 unspecified atom stereocenters. The van der Waals surface area contributed by atoms with Crippen LogP contribution in [0.25, 0.3) is 0 Å². The highest BCUT2D eigenvalue weighted by atomic mass is 32.1. The van der Waals surface area contributed by atoms with Gasteiger partial charge in [-0.3, -0.25) is 5.32 Å². The van der Waals surface area contributed by atoms with Crippen LogP contribution in [-0.2, 0) is 6.42 Å². The predicted octanol–water partition coefficient (Wildman–Crippen LogP) is 3.58. The number of nitrogens with zero attached hydrogens (tertiary/aromatic N) is 2.